The average molecular weight is 415 g/mol. The molecule has 10 heteroatoms. The summed E-state index contributed by atoms with van der Waals surface area (Å²) in [5, 5.41) is 20.2. The number of carbonyl (C=O) groups excluding carboxylic acids is 1. The van der Waals surface area contributed by atoms with Crippen molar-refractivity contribution in [1.82, 2.24) is 15.3 Å². The summed E-state index contributed by atoms with van der Waals surface area (Å²) in [4.78, 5) is 42.0. The van der Waals surface area contributed by atoms with Crippen molar-refractivity contribution in [3.63, 3.8) is 0 Å². The zero-order valence-corrected chi connectivity index (χ0v) is 16.3. The monoisotopic (exact) mass is 415 g/mol. The van der Waals surface area contributed by atoms with E-state index >= 15 is 0 Å². The van der Waals surface area contributed by atoms with E-state index in [-0.39, 0.29) is 30.5 Å². The number of carboxylic acid groups (broad SMARTS) is 2. The Labute approximate surface area is 173 Å². The first-order valence-corrected chi connectivity index (χ1v) is 9.36. The van der Waals surface area contributed by atoms with Gasteiger partial charge in [-0.05, 0) is 37.0 Å². The fourth-order valence-corrected chi connectivity index (χ4v) is 2.91. The van der Waals surface area contributed by atoms with Crippen molar-refractivity contribution >= 4 is 17.8 Å². The molecule has 10 nitrogen and oxygen atoms in total. The highest BCUT2D eigenvalue weighted by molar-refractivity contribution is 5.96. The fourth-order valence-electron chi connectivity index (χ4n) is 2.91. The Hall–Kier alpha value is -3.37. The van der Waals surface area contributed by atoms with E-state index in [1.54, 1.807) is 36.7 Å². The average Bonchev–Trinajstić information content (AvgIpc) is 2.71. The van der Waals surface area contributed by atoms with Gasteiger partial charge < -0.3 is 27.0 Å². The lowest BCUT2D eigenvalue weighted by molar-refractivity contribution is -0.140. The molecule has 0 bridgehead atoms. The van der Waals surface area contributed by atoms with E-state index in [9.17, 15) is 14.4 Å². The van der Waals surface area contributed by atoms with Crippen LogP contribution < -0.4 is 16.8 Å². The maximum absolute atomic E-state index is 12.3. The second-order valence-corrected chi connectivity index (χ2v) is 6.97. The van der Waals surface area contributed by atoms with Crippen molar-refractivity contribution in [2.45, 2.75) is 43.8 Å². The van der Waals surface area contributed by atoms with Gasteiger partial charge in [0.25, 0.3) is 5.91 Å². The molecule has 1 amide bonds. The molecule has 0 aliphatic rings. The molecule has 1 heterocycles. The van der Waals surface area contributed by atoms with Gasteiger partial charge in [0.05, 0.1) is 0 Å². The minimum atomic E-state index is -1.28. The quantitative estimate of drug-likeness (QED) is 0.348. The molecular weight excluding hydrogens is 390 g/mol. The maximum atomic E-state index is 12.3. The summed E-state index contributed by atoms with van der Waals surface area (Å²) >= 11 is 0. The van der Waals surface area contributed by atoms with Gasteiger partial charge >= 0.3 is 11.9 Å². The topological polar surface area (TPSA) is 182 Å². The number of hydrogen-bond acceptors (Lipinski definition) is 7. The first-order valence-electron chi connectivity index (χ1n) is 9.36. The fraction of sp³-hybridized carbons (Fsp3) is 0.350. The number of carbonyl (C=O) groups is 3. The number of aromatic nitrogens is 2. The molecule has 30 heavy (non-hydrogen) atoms. The normalized spacial score (nSPS) is 13.8. The number of benzene rings is 1. The smallest absolute Gasteiger partial charge is 0.326 e. The highest BCUT2D eigenvalue weighted by Crippen LogP contribution is 2.16. The molecule has 1 aromatic heterocycles. The summed E-state index contributed by atoms with van der Waals surface area (Å²) in [7, 11) is 0. The van der Waals surface area contributed by atoms with E-state index in [4.69, 9.17) is 21.7 Å². The highest BCUT2D eigenvalue weighted by Gasteiger charge is 2.21. The van der Waals surface area contributed by atoms with Crippen LogP contribution in [0.2, 0.25) is 0 Å². The first-order chi connectivity index (χ1) is 14.3. The van der Waals surface area contributed by atoms with Crippen LogP contribution >= 0.6 is 0 Å². The Morgan fingerprint density at radius 3 is 2.23 bits per heavy atom. The van der Waals surface area contributed by atoms with Crippen LogP contribution in [0.15, 0.2) is 43.0 Å². The van der Waals surface area contributed by atoms with Crippen LogP contribution in [0.3, 0.4) is 0 Å². The molecule has 3 atom stereocenters. The minimum Gasteiger partial charge on any atom is -0.481 e. The lowest BCUT2D eigenvalue weighted by Crippen LogP contribution is -2.41. The molecule has 2 rings (SSSR count). The number of nitrogens with one attached hydrogen (secondary N) is 1. The number of aliphatic carboxylic acids is 2. The molecule has 0 aliphatic heterocycles. The van der Waals surface area contributed by atoms with Gasteiger partial charge in [-0.2, -0.15) is 0 Å². The Morgan fingerprint density at radius 1 is 1.03 bits per heavy atom. The van der Waals surface area contributed by atoms with Crippen LogP contribution in [-0.2, 0) is 16.0 Å². The van der Waals surface area contributed by atoms with E-state index in [0.717, 1.165) is 11.1 Å². The summed E-state index contributed by atoms with van der Waals surface area (Å²) < 4.78 is 0. The number of nitrogens with zero attached hydrogens (tertiary/aromatic N) is 2. The van der Waals surface area contributed by atoms with Crippen LogP contribution in [0.1, 0.15) is 46.8 Å². The SMILES string of the molecule is NC(Cc1ccc(C(=O)N[C@@H](CCC(=O)O)C(=O)O)cc1)CC(N)c1cncnc1. The second kappa shape index (κ2) is 11.0. The van der Waals surface area contributed by atoms with Crippen molar-refractivity contribution < 1.29 is 24.6 Å². The van der Waals surface area contributed by atoms with Gasteiger partial charge in [-0.1, -0.05) is 12.1 Å². The van der Waals surface area contributed by atoms with Crippen LogP contribution in [-0.4, -0.2) is 50.1 Å². The third kappa shape index (κ3) is 7.22. The standard InChI is InChI=1S/C20H25N5O5/c21-15(8-16(22)14-9-23-11-24-10-14)7-12-1-3-13(4-2-12)19(28)25-17(20(29)30)5-6-18(26)27/h1-4,9-11,15-17H,5-8,21-22H2,(H,25,28)(H,26,27)(H,29,30)/t15?,16?,17-/m0/s1. The van der Waals surface area contributed by atoms with E-state index in [0.29, 0.717) is 12.8 Å². The molecule has 0 spiro atoms. The van der Waals surface area contributed by atoms with E-state index in [1.807, 2.05) is 0 Å². The molecule has 0 radical (unpaired) electrons. The molecule has 2 aromatic rings. The predicted molar refractivity (Wildman–Crippen MR) is 107 cm³/mol. The summed E-state index contributed by atoms with van der Waals surface area (Å²) in [6.45, 7) is 0. The first kappa shape index (κ1) is 22.9. The minimum absolute atomic E-state index is 0.198. The van der Waals surface area contributed by atoms with Gasteiger partial charge in [0.1, 0.15) is 12.4 Å². The van der Waals surface area contributed by atoms with E-state index in [1.165, 1.54) is 6.33 Å². The molecule has 0 saturated carbocycles. The third-order valence-corrected chi connectivity index (χ3v) is 4.53. The Bertz CT molecular complexity index is 860. The molecule has 0 aliphatic carbocycles. The molecular formula is C20H25N5O5. The molecule has 2 unspecified atom stereocenters. The highest BCUT2D eigenvalue weighted by atomic mass is 16.4. The predicted octanol–water partition coefficient (Wildman–Crippen LogP) is 0.484. The lowest BCUT2D eigenvalue weighted by atomic mass is 9.97. The van der Waals surface area contributed by atoms with E-state index < -0.39 is 23.9 Å². The molecule has 160 valence electrons. The lowest BCUT2D eigenvalue weighted by Gasteiger charge is -2.17. The molecule has 0 saturated heterocycles. The number of nitrogens with two attached hydrogens (primary N) is 2. The van der Waals surface area contributed by atoms with Crippen molar-refractivity contribution in [2.24, 2.45) is 11.5 Å². The second-order valence-electron chi connectivity index (χ2n) is 6.97. The number of hydrogen-bond donors (Lipinski definition) is 5. The van der Waals surface area contributed by atoms with Crippen LogP contribution in [0.25, 0.3) is 0 Å². The number of amides is 1. The van der Waals surface area contributed by atoms with E-state index in [2.05, 4.69) is 15.3 Å². The van der Waals surface area contributed by atoms with Gasteiger partial charge in [0.15, 0.2) is 0 Å². The Balaban J connectivity index is 1.91. The van der Waals surface area contributed by atoms with Gasteiger partial charge in [0.2, 0.25) is 0 Å². The molecule has 1 aromatic carbocycles. The largest absolute Gasteiger partial charge is 0.481 e. The van der Waals surface area contributed by atoms with Crippen LogP contribution in [0.4, 0.5) is 0 Å². The Kier molecular flexibility index (Phi) is 8.39. The Morgan fingerprint density at radius 2 is 1.67 bits per heavy atom. The number of rotatable bonds is 11. The zero-order chi connectivity index (χ0) is 22.1. The van der Waals surface area contributed by atoms with Crippen molar-refractivity contribution in [3.05, 3.63) is 59.7 Å². The molecule has 7 N–H and O–H groups in total. The van der Waals surface area contributed by atoms with Crippen molar-refractivity contribution in [1.29, 1.82) is 0 Å². The van der Waals surface area contributed by atoms with Gasteiger partial charge in [0, 0.05) is 42.0 Å². The summed E-state index contributed by atoms with van der Waals surface area (Å²) in [5.41, 5.74) is 14.3. The van der Waals surface area contributed by atoms with Gasteiger partial charge in [-0.15, -0.1) is 0 Å². The third-order valence-electron chi connectivity index (χ3n) is 4.53. The summed E-state index contributed by atoms with van der Waals surface area (Å²) in [6, 6.07) is 4.83. The number of carboxylic acids is 2. The maximum Gasteiger partial charge on any atom is 0.326 e. The zero-order valence-electron chi connectivity index (χ0n) is 16.3. The van der Waals surface area contributed by atoms with Gasteiger partial charge in [-0.3, -0.25) is 9.59 Å². The van der Waals surface area contributed by atoms with Crippen molar-refractivity contribution in [3.8, 4) is 0 Å². The summed E-state index contributed by atoms with van der Waals surface area (Å²) in [6.07, 6.45) is 5.25. The van der Waals surface area contributed by atoms with Gasteiger partial charge in [-0.25, -0.2) is 14.8 Å². The van der Waals surface area contributed by atoms with Crippen molar-refractivity contribution in [2.75, 3.05) is 0 Å². The molecule has 0 fully saturated rings. The van der Waals surface area contributed by atoms with Crippen LogP contribution in [0.5, 0.6) is 0 Å². The summed E-state index contributed by atoms with van der Waals surface area (Å²) in [5.74, 6) is -3.00. The van der Waals surface area contributed by atoms with Crippen LogP contribution in [0, 0.1) is 0 Å².